The molecule has 8 aromatic rings. The lowest BCUT2D eigenvalue weighted by Gasteiger charge is -2.13. The van der Waals surface area contributed by atoms with Gasteiger partial charge in [0.05, 0.1) is 27.8 Å². The van der Waals surface area contributed by atoms with Gasteiger partial charge in [0.25, 0.3) is 0 Å². The summed E-state index contributed by atoms with van der Waals surface area (Å²) in [6.07, 6.45) is 1.87. The van der Waals surface area contributed by atoms with E-state index in [2.05, 4.69) is 131 Å². The lowest BCUT2D eigenvalue weighted by Crippen LogP contribution is -1.97. The maximum atomic E-state index is 4.98. The molecule has 4 heteroatoms. The molecule has 0 saturated heterocycles. The minimum absolute atomic E-state index is 0.958. The second-order valence-corrected chi connectivity index (χ2v) is 10.4. The van der Waals surface area contributed by atoms with E-state index in [1.807, 2.05) is 24.4 Å². The third kappa shape index (κ3) is 3.76. The van der Waals surface area contributed by atoms with Crippen LogP contribution in [0.5, 0.6) is 0 Å². The Morgan fingerprint density at radius 2 is 1.29 bits per heavy atom. The molecule has 4 nitrogen and oxygen atoms in total. The normalized spacial score (nSPS) is 11.5. The maximum absolute atomic E-state index is 4.98. The van der Waals surface area contributed by atoms with Crippen LogP contribution in [0.1, 0.15) is 0 Å². The Bertz CT molecular complexity index is 2220. The van der Waals surface area contributed by atoms with Crippen LogP contribution in [-0.4, -0.2) is 19.1 Å². The molecule has 0 N–H and O–H groups in total. The van der Waals surface area contributed by atoms with Gasteiger partial charge in [-0.05, 0) is 48.0 Å². The molecule has 0 amide bonds. The standard InChI is InChI=1S/C37H26N4/c1-40-34-19-8-6-17-32(34)39-37(40)27-20-21-31-30-15-5-7-18-33(30)41(35(31)24-27)28-14-9-13-26(23-28)36-29(16-10-22-38-36)25-11-3-2-4-12-25/h2-24H,1H3. The summed E-state index contributed by atoms with van der Waals surface area (Å²) >= 11 is 0. The minimum Gasteiger partial charge on any atom is -0.327 e. The average Bonchev–Trinajstić information content (AvgIpc) is 3.56. The number of rotatable bonds is 4. The van der Waals surface area contributed by atoms with Gasteiger partial charge in [-0.15, -0.1) is 0 Å². The van der Waals surface area contributed by atoms with Gasteiger partial charge >= 0.3 is 0 Å². The van der Waals surface area contributed by atoms with Crippen LogP contribution in [-0.2, 0) is 7.05 Å². The van der Waals surface area contributed by atoms with Crippen molar-refractivity contribution in [3.05, 3.63) is 140 Å². The molecule has 5 aromatic carbocycles. The molecular weight excluding hydrogens is 500 g/mol. The lowest BCUT2D eigenvalue weighted by molar-refractivity contribution is 0.959. The summed E-state index contributed by atoms with van der Waals surface area (Å²) < 4.78 is 4.54. The summed E-state index contributed by atoms with van der Waals surface area (Å²) in [4.78, 5) is 9.82. The molecular formula is C37H26N4. The van der Waals surface area contributed by atoms with Crippen molar-refractivity contribution in [3.8, 4) is 39.5 Å². The molecule has 3 aromatic heterocycles. The molecule has 8 rings (SSSR count). The van der Waals surface area contributed by atoms with Crippen LogP contribution >= 0.6 is 0 Å². The highest BCUT2D eigenvalue weighted by Gasteiger charge is 2.17. The van der Waals surface area contributed by atoms with Crippen LogP contribution in [0.4, 0.5) is 0 Å². The van der Waals surface area contributed by atoms with Crippen molar-refractivity contribution in [2.24, 2.45) is 7.05 Å². The van der Waals surface area contributed by atoms with Gasteiger partial charge in [-0.2, -0.15) is 0 Å². The molecule has 0 fully saturated rings. The minimum atomic E-state index is 0.958. The van der Waals surface area contributed by atoms with Gasteiger partial charge in [0.15, 0.2) is 0 Å². The first-order valence-electron chi connectivity index (χ1n) is 13.8. The quantitative estimate of drug-likeness (QED) is 0.229. The summed E-state index contributed by atoms with van der Waals surface area (Å²) in [5, 5.41) is 2.45. The zero-order valence-electron chi connectivity index (χ0n) is 22.6. The Morgan fingerprint density at radius 3 is 2.17 bits per heavy atom. The van der Waals surface area contributed by atoms with Crippen molar-refractivity contribution in [1.29, 1.82) is 0 Å². The van der Waals surface area contributed by atoms with Gasteiger partial charge in [-0.25, -0.2) is 4.98 Å². The highest BCUT2D eigenvalue weighted by atomic mass is 15.1. The topological polar surface area (TPSA) is 35.6 Å². The molecule has 0 saturated carbocycles. The summed E-state index contributed by atoms with van der Waals surface area (Å²) in [5.74, 6) is 0.958. The zero-order chi connectivity index (χ0) is 27.3. The van der Waals surface area contributed by atoms with E-state index in [0.717, 1.165) is 56.0 Å². The Balaban J connectivity index is 1.35. The number of para-hydroxylation sites is 3. The first kappa shape index (κ1) is 23.4. The number of benzene rings is 5. The second kappa shape index (κ2) is 9.32. The molecule has 41 heavy (non-hydrogen) atoms. The van der Waals surface area contributed by atoms with Crippen LogP contribution in [0, 0.1) is 0 Å². The van der Waals surface area contributed by atoms with E-state index in [0.29, 0.717) is 0 Å². The Hall–Kier alpha value is -5.48. The lowest BCUT2D eigenvalue weighted by atomic mass is 9.99. The SMILES string of the molecule is Cn1c(-c2ccc3c4ccccc4n(-c4cccc(-c5ncccc5-c5ccccc5)c4)c3c2)nc2ccccc21. The van der Waals surface area contributed by atoms with Gasteiger partial charge in [0.2, 0.25) is 0 Å². The molecule has 0 atom stereocenters. The molecule has 194 valence electrons. The van der Waals surface area contributed by atoms with Gasteiger partial charge in [0, 0.05) is 46.4 Å². The molecule has 0 spiro atoms. The van der Waals surface area contributed by atoms with Crippen molar-refractivity contribution >= 4 is 32.8 Å². The van der Waals surface area contributed by atoms with E-state index in [1.165, 1.54) is 16.3 Å². The van der Waals surface area contributed by atoms with E-state index < -0.39 is 0 Å². The number of hydrogen-bond acceptors (Lipinski definition) is 2. The Labute approximate surface area is 237 Å². The van der Waals surface area contributed by atoms with Crippen molar-refractivity contribution in [2.45, 2.75) is 0 Å². The average molecular weight is 527 g/mol. The van der Waals surface area contributed by atoms with Gasteiger partial charge in [0.1, 0.15) is 5.82 Å². The summed E-state index contributed by atoms with van der Waals surface area (Å²) in [6.45, 7) is 0. The summed E-state index contributed by atoms with van der Waals surface area (Å²) in [5.41, 5.74) is 11.0. The fourth-order valence-corrected chi connectivity index (χ4v) is 6.07. The molecule has 0 radical (unpaired) electrons. The number of pyridine rings is 1. The van der Waals surface area contributed by atoms with E-state index in [1.54, 1.807) is 0 Å². The fraction of sp³-hybridized carbons (Fsp3) is 0.0270. The second-order valence-electron chi connectivity index (χ2n) is 10.4. The van der Waals surface area contributed by atoms with Gasteiger partial charge in [-0.3, -0.25) is 4.98 Å². The van der Waals surface area contributed by atoms with Crippen molar-refractivity contribution < 1.29 is 0 Å². The number of hydrogen-bond donors (Lipinski definition) is 0. The fourth-order valence-electron chi connectivity index (χ4n) is 6.07. The first-order chi connectivity index (χ1) is 20.3. The number of aryl methyl sites for hydroxylation is 1. The number of fused-ring (bicyclic) bond motifs is 4. The monoisotopic (exact) mass is 526 g/mol. The highest BCUT2D eigenvalue weighted by Crippen LogP contribution is 2.37. The Kier molecular flexibility index (Phi) is 5.32. The zero-order valence-corrected chi connectivity index (χ0v) is 22.6. The molecule has 0 aliphatic rings. The van der Waals surface area contributed by atoms with E-state index in [-0.39, 0.29) is 0 Å². The van der Waals surface area contributed by atoms with Gasteiger partial charge < -0.3 is 9.13 Å². The van der Waals surface area contributed by atoms with Crippen LogP contribution in [0.15, 0.2) is 140 Å². The largest absolute Gasteiger partial charge is 0.327 e. The molecule has 0 unspecified atom stereocenters. The van der Waals surface area contributed by atoms with E-state index in [9.17, 15) is 0 Å². The van der Waals surface area contributed by atoms with Crippen LogP contribution in [0.3, 0.4) is 0 Å². The Morgan fingerprint density at radius 1 is 0.537 bits per heavy atom. The molecule has 3 heterocycles. The predicted molar refractivity (Wildman–Crippen MR) is 169 cm³/mol. The summed E-state index contributed by atoms with van der Waals surface area (Å²) in [7, 11) is 2.09. The predicted octanol–water partition coefficient (Wildman–Crippen LogP) is 9.07. The van der Waals surface area contributed by atoms with Crippen molar-refractivity contribution in [1.82, 2.24) is 19.1 Å². The van der Waals surface area contributed by atoms with E-state index in [4.69, 9.17) is 9.97 Å². The third-order valence-corrected chi connectivity index (χ3v) is 7.99. The number of nitrogens with zero attached hydrogens (tertiary/aromatic N) is 4. The van der Waals surface area contributed by atoms with Crippen LogP contribution in [0.25, 0.3) is 72.3 Å². The number of aromatic nitrogens is 4. The molecule has 0 aliphatic carbocycles. The van der Waals surface area contributed by atoms with Crippen LogP contribution in [0.2, 0.25) is 0 Å². The third-order valence-electron chi connectivity index (χ3n) is 7.99. The smallest absolute Gasteiger partial charge is 0.140 e. The van der Waals surface area contributed by atoms with E-state index >= 15 is 0 Å². The first-order valence-corrected chi connectivity index (χ1v) is 13.8. The maximum Gasteiger partial charge on any atom is 0.140 e. The number of imidazole rings is 1. The summed E-state index contributed by atoms with van der Waals surface area (Å²) in [6, 6.07) is 47.0. The molecule has 0 bridgehead atoms. The molecule has 0 aliphatic heterocycles. The van der Waals surface area contributed by atoms with Crippen molar-refractivity contribution in [3.63, 3.8) is 0 Å². The van der Waals surface area contributed by atoms with Crippen LogP contribution < -0.4 is 0 Å². The van der Waals surface area contributed by atoms with Crippen molar-refractivity contribution in [2.75, 3.05) is 0 Å². The van der Waals surface area contributed by atoms with Gasteiger partial charge in [-0.1, -0.05) is 91.0 Å². The highest BCUT2D eigenvalue weighted by molar-refractivity contribution is 6.10.